The zero-order chi connectivity index (χ0) is 16.2. The van der Waals surface area contributed by atoms with E-state index in [9.17, 15) is 4.79 Å². The van der Waals surface area contributed by atoms with Gasteiger partial charge in [0, 0.05) is 44.8 Å². The Morgan fingerprint density at radius 2 is 2.26 bits per heavy atom. The van der Waals surface area contributed by atoms with E-state index in [2.05, 4.69) is 21.9 Å². The fourth-order valence-electron chi connectivity index (χ4n) is 3.63. The number of amides is 1. The van der Waals surface area contributed by atoms with Gasteiger partial charge in [0.05, 0.1) is 18.2 Å². The SMILES string of the molecule is COCC(=O)N1C[C@H](N(C)Cc2cncnc2)[C@H]2OCCC[C@H]21. The average molecular weight is 320 g/mol. The molecular weight excluding hydrogens is 296 g/mol. The van der Waals surface area contributed by atoms with Gasteiger partial charge in [-0.15, -0.1) is 0 Å². The maximum absolute atomic E-state index is 12.3. The Kier molecular flexibility index (Phi) is 5.20. The lowest BCUT2D eigenvalue weighted by Crippen LogP contribution is -2.47. The highest BCUT2D eigenvalue weighted by Gasteiger charge is 2.47. The molecule has 0 radical (unpaired) electrons. The topological polar surface area (TPSA) is 67.8 Å². The van der Waals surface area contributed by atoms with E-state index in [-0.39, 0.29) is 30.7 Å². The third kappa shape index (κ3) is 3.52. The van der Waals surface area contributed by atoms with E-state index in [1.54, 1.807) is 7.11 Å². The molecule has 7 heteroatoms. The van der Waals surface area contributed by atoms with Crippen molar-refractivity contribution in [2.45, 2.75) is 37.6 Å². The first-order valence-corrected chi connectivity index (χ1v) is 8.05. The number of fused-ring (bicyclic) bond motifs is 1. The van der Waals surface area contributed by atoms with Gasteiger partial charge in [0.1, 0.15) is 12.9 Å². The van der Waals surface area contributed by atoms with Crippen LogP contribution in [0, 0.1) is 0 Å². The van der Waals surface area contributed by atoms with Crippen molar-refractivity contribution in [3.05, 3.63) is 24.3 Å². The summed E-state index contributed by atoms with van der Waals surface area (Å²) in [7, 11) is 3.62. The van der Waals surface area contributed by atoms with Gasteiger partial charge >= 0.3 is 0 Å². The Balaban J connectivity index is 1.72. The second kappa shape index (κ2) is 7.33. The normalized spacial score (nSPS) is 27.3. The molecule has 0 aliphatic carbocycles. The molecule has 3 heterocycles. The van der Waals surface area contributed by atoms with Crippen LogP contribution in [0.4, 0.5) is 0 Å². The van der Waals surface area contributed by atoms with Gasteiger partial charge in [-0.2, -0.15) is 0 Å². The van der Waals surface area contributed by atoms with Crippen LogP contribution in [0.5, 0.6) is 0 Å². The van der Waals surface area contributed by atoms with Gasteiger partial charge in [-0.05, 0) is 19.9 Å². The Hall–Kier alpha value is -1.57. The maximum Gasteiger partial charge on any atom is 0.248 e. The number of nitrogens with zero attached hydrogens (tertiary/aromatic N) is 4. The molecule has 2 aliphatic rings. The number of hydrogen-bond donors (Lipinski definition) is 0. The Labute approximate surface area is 136 Å². The van der Waals surface area contributed by atoms with E-state index in [0.717, 1.165) is 31.6 Å². The lowest BCUT2D eigenvalue weighted by atomic mass is 10.00. The molecule has 1 aromatic heterocycles. The summed E-state index contributed by atoms with van der Waals surface area (Å²) in [5, 5.41) is 0. The molecule has 0 spiro atoms. The Bertz CT molecular complexity index is 527. The zero-order valence-electron chi connectivity index (χ0n) is 13.7. The summed E-state index contributed by atoms with van der Waals surface area (Å²) < 4.78 is 11.0. The number of hydrogen-bond acceptors (Lipinski definition) is 6. The van der Waals surface area contributed by atoms with Crippen LogP contribution in [0.15, 0.2) is 18.7 Å². The van der Waals surface area contributed by atoms with Crippen LogP contribution in [-0.4, -0.2) is 77.8 Å². The second-order valence-electron chi connectivity index (χ2n) is 6.25. The van der Waals surface area contributed by atoms with Gasteiger partial charge in [0.25, 0.3) is 0 Å². The summed E-state index contributed by atoms with van der Waals surface area (Å²) in [4.78, 5) is 24.6. The first-order chi connectivity index (χ1) is 11.2. The number of carbonyl (C=O) groups excluding carboxylic acids is 1. The van der Waals surface area contributed by atoms with Crippen molar-refractivity contribution in [2.24, 2.45) is 0 Å². The van der Waals surface area contributed by atoms with Crippen LogP contribution in [0.2, 0.25) is 0 Å². The minimum atomic E-state index is 0.0481. The fourth-order valence-corrected chi connectivity index (χ4v) is 3.63. The molecule has 1 amide bonds. The number of likely N-dealkylation sites (tertiary alicyclic amines) is 1. The summed E-state index contributed by atoms with van der Waals surface area (Å²) in [6.45, 7) is 2.32. The molecule has 3 atom stereocenters. The van der Waals surface area contributed by atoms with Crippen LogP contribution in [0.25, 0.3) is 0 Å². The van der Waals surface area contributed by atoms with Crippen molar-refractivity contribution in [1.82, 2.24) is 19.8 Å². The zero-order valence-corrected chi connectivity index (χ0v) is 13.7. The van der Waals surface area contributed by atoms with Gasteiger partial charge in [-0.3, -0.25) is 9.69 Å². The molecule has 126 valence electrons. The summed E-state index contributed by atoms with van der Waals surface area (Å²) in [6.07, 6.45) is 7.25. The quantitative estimate of drug-likeness (QED) is 0.778. The van der Waals surface area contributed by atoms with E-state index in [4.69, 9.17) is 9.47 Å². The van der Waals surface area contributed by atoms with Crippen molar-refractivity contribution < 1.29 is 14.3 Å². The molecule has 0 N–H and O–H groups in total. The maximum atomic E-state index is 12.3. The van der Waals surface area contributed by atoms with E-state index >= 15 is 0 Å². The van der Waals surface area contributed by atoms with E-state index in [1.165, 1.54) is 6.33 Å². The summed E-state index contributed by atoms with van der Waals surface area (Å²) >= 11 is 0. The van der Waals surface area contributed by atoms with Gasteiger partial charge < -0.3 is 14.4 Å². The van der Waals surface area contributed by atoms with E-state index in [1.807, 2.05) is 17.3 Å². The summed E-state index contributed by atoms with van der Waals surface area (Å²) in [5.41, 5.74) is 1.06. The number of methoxy groups -OCH3 is 1. The molecule has 0 aromatic carbocycles. The van der Waals surface area contributed by atoms with Gasteiger partial charge in [-0.25, -0.2) is 9.97 Å². The molecule has 7 nitrogen and oxygen atoms in total. The van der Waals surface area contributed by atoms with Crippen molar-refractivity contribution in [3.8, 4) is 0 Å². The number of ether oxygens (including phenoxy) is 2. The first kappa shape index (κ1) is 16.3. The molecule has 1 aromatic rings. The average Bonchev–Trinajstić information content (AvgIpc) is 2.96. The highest BCUT2D eigenvalue weighted by atomic mass is 16.5. The molecular formula is C16H24N4O3. The van der Waals surface area contributed by atoms with E-state index in [0.29, 0.717) is 6.54 Å². The molecule has 2 fully saturated rings. The van der Waals surface area contributed by atoms with Crippen LogP contribution >= 0.6 is 0 Å². The van der Waals surface area contributed by atoms with Crippen LogP contribution in [-0.2, 0) is 20.8 Å². The fraction of sp³-hybridized carbons (Fsp3) is 0.688. The van der Waals surface area contributed by atoms with Crippen LogP contribution in [0.1, 0.15) is 18.4 Å². The van der Waals surface area contributed by atoms with Crippen molar-refractivity contribution in [2.75, 3.05) is 33.9 Å². The number of aromatic nitrogens is 2. The summed E-state index contributed by atoms with van der Waals surface area (Å²) in [6, 6.07) is 0.340. The monoisotopic (exact) mass is 320 g/mol. The first-order valence-electron chi connectivity index (χ1n) is 8.05. The minimum absolute atomic E-state index is 0.0481. The van der Waals surface area contributed by atoms with Crippen LogP contribution < -0.4 is 0 Å². The molecule has 0 unspecified atom stereocenters. The molecule has 23 heavy (non-hydrogen) atoms. The van der Waals surface area contributed by atoms with Gasteiger partial charge in [0.2, 0.25) is 5.91 Å². The van der Waals surface area contributed by atoms with E-state index < -0.39 is 0 Å². The van der Waals surface area contributed by atoms with Gasteiger partial charge in [0.15, 0.2) is 0 Å². The molecule has 2 aliphatic heterocycles. The predicted molar refractivity (Wildman–Crippen MR) is 83.6 cm³/mol. The lowest BCUT2D eigenvalue weighted by Gasteiger charge is -2.34. The highest BCUT2D eigenvalue weighted by Crippen LogP contribution is 2.31. The molecule has 0 saturated carbocycles. The Morgan fingerprint density at radius 1 is 1.48 bits per heavy atom. The Morgan fingerprint density at radius 3 is 3.00 bits per heavy atom. The molecule has 2 saturated heterocycles. The highest BCUT2D eigenvalue weighted by molar-refractivity contribution is 5.78. The van der Waals surface area contributed by atoms with Gasteiger partial charge in [-0.1, -0.05) is 0 Å². The standard InChI is InChI=1S/C16H24N4O3/c1-19(8-12-6-17-11-18-7-12)14-9-20(15(21)10-22-2)13-4-3-5-23-16(13)14/h6-7,11,13-14,16H,3-5,8-10H2,1-2H3/t13-,14+,16+/m1/s1. The molecule has 3 rings (SSSR count). The predicted octanol–water partition coefficient (Wildman–Crippen LogP) is 0.313. The molecule has 0 bridgehead atoms. The number of carbonyl (C=O) groups is 1. The lowest BCUT2D eigenvalue weighted by molar-refractivity contribution is -0.138. The number of likely N-dealkylation sites (N-methyl/N-ethyl adjacent to an activating group) is 1. The second-order valence-corrected chi connectivity index (χ2v) is 6.25. The smallest absolute Gasteiger partial charge is 0.248 e. The van der Waals surface area contributed by atoms with Crippen molar-refractivity contribution >= 4 is 5.91 Å². The van der Waals surface area contributed by atoms with Crippen molar-refractivity contribution in [3.63, 3.8) is 0 Å². The number of rotatable bonds is 5. The van der Waals surface area contributed by atoms with Crippen LogP contribution in [0.3, 0.4) is 0 Å². The minimum Gasteiger partial charge on any atom is -0.375 e. The summed E-state index contributed by atoms with van der Waals surface area (Å²) in [5.74, 6) is 0.0481. The third-order valence-corrected chi connectivity index (χ3v) is 4.70. The van der Waals surface area contributed by atoms with Crippen molar-refractivity contribution in [1.29, 1.82) is 0 Å². The third-order valence-electron chi connectivity index (χ3n) is 4.70. The largest absolute Gasteiger partial charge is 0.375 e.